The maximum absolute atomic E-state index is 12.6. The first-order valence-electron chi connectivity index (χ1n) is 12.9. The fraction of sp³-hybridized carbons (Fsp3) is 0.520. The highest BCUT2D eigenvalue weighted by atomic mass is 16.5. The number of hydrogen-bond donors (Lipinski definition) is 1. The van der Waals surface area contributed by atoms with Crippen LogP contribution in [0.25, 0.3) is 0 Å². The van der Waals surface area contributed by atoms with E-state index in [1.165, 1.54) is 0 Å². The highest BCUT2D eigenvalue weighted by Gasteiger charge is 2.18. The van der Waals surface area contributed by atoms with Crippen LogP contribution in [0.1, 0.15) is 68.0 Å². The minimum Gasteiger partial charge on any atom is -0.461 e. The van der Waals surface area contributed by atoms with E-state index >= 15 is 0 Å². The van der Waals surface area contributed by atoms with Gasteiger partial charge in [-0.25, -0.2) is 4.79 Å². The Hall–Kier alpha value is -3.16. The summed E-state index contributed by atoms with van der Waals surface area (Å²) in [5.41, 5.74) is 0.707. The van der Waals surface area contributed by atoms with Crippen molar-refractivity contribution in [2.24, 2.45) is 4.99 Å². The SMILES string of the molecule is [2H]C([2H])([2H])N1CC(=O)O[C@@H](C)CCCC/C=C/CCCCC(=O)N/C1=N/C(=O)OCc1ccccc1. The number of benzene rings is 1. The summed E-state index contributed by atoms with van der Waals surface area (Å²) < 4.78 is 34.2. The van der Waals surface area contributed by atoms with Crippen LogP contribution in [0.2, 0.25) is 0 Å². The van der Waals surface area contributed by atoms with E-state index in [1.54, 1.807) is 31.2 Å². The summed E-state index contributed by atoms with van der Waals surface area (Å²) in [5.74, 6) is -1.91. The van der Waals surface area contributed by atoms with Gasteiger partial charge in [0.1, 0.15) is 13.2 Å². The lowest BCUT2D eigenvalue weighted by Crippen LogP contribution is -2.45. The minimum atomic E-state index is -2.89. The van der Waals surface area contributed by atoms with Crippen LogP contribution in [-0.4, -0.2) is 48.5 Å². The molecule has 33 heavy (non-hydrogen) atoms. The number of amides is 2. The molecule has 8 heteroatoms. The van der Waals surface area contributed by atoms with Gasteiger partial charge in [-0.15, -0.1) is 4.99 Å². The van der Waals surface area contributed by atoms with Gasteiger partial charge in [0.05, 0.1) is 6.10 Å². The molecular weight excluding hydrogens is 422 g/mol. The number of guanidine groups is 1. The number of esters is 1. The molecule has 0 unspecified atom stereocenters. The minimum absolute atomic E-state index is 0.0920. The zero-order chi connectivity index (χ0) is 26.4. The average molecular weight is 461 g/mol. The fourth-order valence-electron chi connectivity index (χ4n) is 3.18. The molecule has 1 atom stereocenters. The van der Waals surface area contributed by atoms with Crippen molar-refractivity contribution in [2.75, 3.05) is 13.5 Å². The number of likely N-dealkylation sites (N-methyl/N-ethyl adjacent to an activating group) is 1. The number of nitrogens with zero attached hydrogens (tertiary/aromatic N) is 2. The Labute approximate surface area is 200 Å². The molecule has 0 aromatic heterocycles. The molecule has 0 saturated heterocycles. The van der Waals surface area contributed by atoms with Gasteiger partial charge in [-0.2, -0.15) is 0 Å². The van der Waals surface area contributed by atoms with Crippen LogP contribution in [0.4, 0.5) is 4.79 Å². The van der Waals surface area contributed by atoms with Crippen LogP contribution in [0, 0.1) is 0 Å². The van der Waals surface area contributed by atoms with Gasteiger partial charge >= 0.3 is 12.1 Å². The van der Waals surface area contributed by atoms with E-state index < -0.39 is 43.6 Å². The molecule has 0 radical (unpaired) electrons. The average Bonchev–Trinajstić information content (AvgIpc) is 2.81. The highest BCUT2D eigenvalue weighted by Crippen LogP contribution is 2.09. The zero-order valence-corrected chi connectivity index (χ0v) is 19.1. The van der Waals surface area contributed by atoms with Crippen LogP contribution in [-0.2, 0) is 25.7 Å². The molecule has 2 amide bonds. The lowest BCUT2D eigenvalue weighted by Gasteiger charge is -2.22. The summed E-state index contributed by atoms with van der Waals surface area (Å²) in [6, 6.07) is 8.87. The van der Waals surface area contributed by atoms with Gasteiger partial charge in [0, 0.05) is 17.5 Å². The normalized spacial score (nSPS) is 23.7. The van der Waals surface area contributed by atoms with E-state index in [4.69, 9.17) is 13.6 Å². The molecule has 1 aromatic rings. The van der Waals surface area contributed by atoms with Crippen molar-refractivity contribution in [3.63, 3.8) is 0 Å². The number of rotatable bonds is 2. The number of aliphatic imine (C=N–C) groups is 1. The first-order valence-corrected chi connectivity index (χ1v) is 11.4. The van der Waals surface area contributed by atoms with Gasteiger partial charge in [-0.3, -0.25) is 14.9 Å². The van der Waals surface area contributed by atoms with Crippen molar-refractivity contribution in [1.82, 2.24) is 10.2 Å². The zero-order valence-electron chi connectivity index (χ0n) is 22.1. The molecule has 8 nitrogen and oxygen atoms in total. The van der Waals surface area contributed by atoms with E-state index in [-0.39, 0.29) is 13.0 Å². The highest BCUT2D eigenvalue weighted by molar-refractivity contribution is 6.01. The lowest BCUT2D eigenvalue weighted by molar-refractivity contribution is -0.148. The Bertz CT molecular complexity index is 919. The Morgan fingerprint density at radius 2 is 1.91 bits per heavy atom. The van der Waals surface area contributed by atoms with Crippen molar-refractivity contribution < 1.29 is 28.0 Å². The Morgan fingerprint density at radius 1 is 1.18 bits per heavy atom. The standard InChI is InChI=1S/C25H35N3O5/c1-20-14-10-7-5-3-4-6-8-13-17-22(29)26-24(28(2)18-23(30)33-20)27-25(31)32-19-21-15-11-9-12-16-21/h3-4,9,11-12,15-16,20H,5-8,10,13-14,17-19H2,1-2H3,(H,26,27,29,31)/b4-3+/t20-/m0/s1/i2D3. The van der Waals surface area contributed by atoms with Gasteiger partial charge in [-0.1, -0.05) is 42.5 Å². The summed E-state index contributed by atoms with van der Waals surface area (Å²) >= 11 is 0. The number of allylic oxidation sites excluding steroid dienone is 2. The van der Waals surface area contributed by atoms with Gasteiger partial charge in [0.2, 0.25) is 11.9 Å². The van der Waals surface area contributed by atoms with E-state index in [0.29, 0.717) is 23.3 Å². The largest absolute Gasteiger partial charge is 0.461 e. The maximum Gasteiger partial charge on any atom is 0.437 e. The van der Waals surface area contributed by atoms with Crippen molar-refractivity contribution in [1.29, 1.82) is 0 Å². The van der Waals surface area contributed by atoms with Crippen molar-refractivity contribution >= 4 is 23.9 Å². The predicted octanol–water partition coefficient (Wildman–Crippen LogP) is 4.35. The second-order valence-corrected chi connectivity index (χ2v) is 7.91. The molecule has 1 aliphatic rings. The maximum atomic E-state index is 12.6. The molecule has 0 saturated carbocycles. The third kappa shape index (κ3) is 11.3. The van der Waals surface area contributed by atoms with Gasteiger partial charge in [-0.05, 0) is 57.4 Å². The molecule has 0 aliphatic carbocycles. The van der Waals surface area contributed by atoms with Crippen LogP contribution in [0.5, 0.6) is 0 Å². The Balaban J connectivity index is 2.24. The second kappa shape index (κ2) is 14.8. The summed E-state index contributed by atoms with van der Waals surface area (Å²) in [6.07, 6.45) is 8.32. The molecular formula is C25H35N3O5. The topological polar surface area (TPSA) is 97.3 Å². The summed E-state index contributed by atoms with van der Waals surface area (Å²) in [5, 5.41) is 2.39. The molecule has 180 valence electrons. The molecule has 1 heterocycles. The molecule has 2 rings (SSSR count). The quantitative estimate of drug-likeness (QED) is 0.521. The van der Waals surface area contributed by atoms with Crippen LogP contribution < -0.4 is 5.32 Å². The molecule has 0 spiro atoms. The third-order valence-corrected chi connectivity index (χ3v) is 4.95. The third-order valence-electron chi connectivity index (χ3n) is 4.95. The number of cyclic esters (lactones) is 1. The van der Waals surface area contributed by atoms with Crippen molar-refractivity contribution in [3.8, 4) is 0 Å². The van der Waals surface area contributed by atoms with Crippen LogP contribution >= 0.6 is 0 Å². The number of ether oxygens (including phenoxy) is 2. The van der Waals surface area contributed by atoms with Gasteiger partial charge < -0.3 is 14.4 Å². The van der Waals surface area contributed by atoms with Gasteiger partial charge in [0.15, 0.2) is 0 Å². The first-order chi connectivity index (χ1) is 17.1. The predicted molar refractivity (Wildman–Crippen MR) is 126 cm³/mol. The molecule has 1 aromatic carbocycles. The molecule has 1 aliphatic heterocycles. The fourth-order valence-corrected chi connectivity index (χ4v) is 3.18. The van der Waals surface area contributed by atoms with E-state index in [0.717, 1.165) is 32.1 Å². The van der Waals surface area contributed by atoms with Gasteiger partial charge in [0.25, 0.3) is 0 Å². The number of nitrogens with one attached hydrogen (secondary N) is 1. The van der Waals surface area contributed by atoms with Crippen molar-refractivity contribution in [3.05, 3.63) is 48.0 Å². The Morgan fingerprint density at radius 3 is 2.64 bits per heavy atom. The summed E-state index contributed by atoms with van der Waals surface area (Å²) in [7, 11) is 0. The molecule has 1 N–H and O–H groups in total. The van der Waals surface area contributed by atoms with E-state index in [9.17, 15) is 14.4 Å². The molecule has 0 bridgehead atoms. The Kier molecular flexibility index (Phi) is 9.73. The monoisotopic (exact) mass is 460 g/mol. The van der Waals surface area contributed by atoms with Crippen molar-refractivity contribution in [2.45, 2.75) is 71.0 Å². The summed E-state index contributed by atoms with van der Waals surface area (Å²) in [4.78, 5) is 41.8. The second-order valence-electron chi connectivity index (χ2n) is 7.91. The number of hydrogen-bond acceptors (Lipinski definition) is 5. The van der Waals surface area contributed by atoms with Crippen LogP contribution in [0.15, 0.2) is 47.5 Å². The molecule has 0 fully saturated rings. The smallest absolute Gasteiger partial charge is 0.437 e. The first kappa shape index (κ1) is 21.7. The number of carbonyl (C=O) groups excluding carboxylic acids is 3. The van der Waals surface area contributed by atoms with E-state index in [2.05, 4.69) is 22.5 Å². The summed E-state index contributed by atoms with van der Waals surface area (Å²) in [6.45, 7) is -1.97. The number of carbonyl (C=O) groups is 3. The lowest BCUT2D eigenvalue weighted by atomic mass is 10.1. The van der Waals surface area contributed by atoms with Crippen LogP contribution in [0.3, 0.4) is 0 Å². The van der Waals surface area contributed by atoms with E-state index in [1.807, 2.05) is 6.07 Å².